The Morgan fingerprint density at radius 2 is 1.67 bits per heavy atom. The van der Waals surface area contributed by atoms with Crippen molar-refractivity contribution in [2.45, 2.75) is 51.9 Å². The van der Waals surface area contributed by atoms with Gasteiger partial charge in [0, 0.05) is 16.7 Å². The molecule has 0 aliphatic heterocycles. The first-order chi connectivity index (χ1) is 11.7. The van der Waals surface area contributed by atoms with E-state index >= 15 is 0 Å². The van der Waals surface area contributed by atoms with Crippen LogP contribution in [0.25, 0.3) is 21.7 Å². The molecule has 1 aliphatic rings. The Kier molecular flexibility index (Phi) is 3.91. The van der Waals surface area contributed by atoms with Gasteiger partial charge < -0.3 is 4.74 Å². The summed E-state index contributed by atoms with van der Waals surface area (Å²) < 4.78 is 5.49. The zero-order chi connectivity index (χ0) is 16.7. The van der Waals surface area contributed by atoms with Crippen LogP contribution < -0.4 is 4.74 Å². The third kappa shape index (κ3) is 2.45. The molecular weight excluding hydrogens is 294 g/mol. The predicted molar refractivity (Wildman–Crippen MR) is 101 cm³/mol. The van der Waals surface area contributed by atoms with Gasteiger partial charge >= 0.3 is 0 Å². The Morgan fingerprint density at radius 1 is 0.917 bits per heavy atom. The normalized spacial score (nSPS) is 16.0. The van der Waals surface area contributed by atoms with Crippen LogP contribution in [0, 0.1) is 13.8 Å². The van der Waals surface area contributed by atoms with Gasteiger partial charge in [-0.25, -0.2) is 0 Å². The standard InChI is InChI=1S/C22H25NO/c1-14-9-11-19-18-12-10-17(24-3)13-20(18)22(23-21(19)15(14)2)16-7-5-4-6-8-16/h9-13,16H,4-8H2,1-3H3. The molecule has 2 nitrogen and oxygen atoms in total. The number of aromatic nitrogens is 1. The van der Waals surface area contributed by atoms with Crippen LogP contribution >= 0.6 is 0 Å². The van der Waals surface area contributed by atoms with Crippen molar-refractivity contribution in [1.29, 1.82) is 0 Å². The predicted octanol–water partition coefficient (Wildman–Crippen LogP) is 6.06. The molecule has 4 rings (SSSR count). The Hall–Kier alpha value is -2.09. The molecule has 0 spiro atoms. The van der Waals surface area contributed by atoms with E-state index in [0.29, 0.717) is 5.92 Å². The smallest absolute Gasteiger partial charge is 0.119 e. The third-order valence-electron chi connectivity index (χ3n) is 5.72. The number of rotatable bonds is 2. The lowest BCUT2D eigenvalue weighted by Gasteiger charge is -2.24. The molecule has 1 aromatic heterocycles. The summed E-state index contributed by atoms with van der Waals surface area (Å²) in [4.78, 5) is 5.21. The molecule has 2 heteroatoms. The van der Waals surface area contributed by atoms with Crippen LogP contribution in [0.2, 0.25) is 0 Å². The summed E-state index contributed by atoms with van der Waals surface area (Å²) in [6.07, 6.45) is 6.53. The maximum atomic E-state index is 5.49. The van der Waals surface area contributed by atoms with Crippen LogP contribution in [0.5, 0.6) is 5.75 Å². The first-order valence-electron chi connectivity index (χ1n) is 9.06. The maximum absolute atomic E-state index is 5.49. The number of benzene rings is 2. The molecular formula is C22H25NO. The summed E-state index contributed by atoms with van der Waals surface area (Å²) in [5, 5.41) is 3.84. The molecule has 0 atom stereocenters. The van der Waals surface area contributed by atoms with Gasteiger partial charge in [-0.1, -0.05) is 31.4 Å². The minimum atomic E-state index is 0.581. The molecule has 24 heavy (non-hydrogen) atoms. The van der Waals surface area contributed by atoms with Crippen molar-refractivity contribution in [2.75, 3.05) is 7.11 Å². The van der Waals surface area contributed by atoms with Gasteiger partial charge in [0.2, 0.25) is 0 Å². The lowest BCUT2D eigenvalue weighted by molar-refractivity contribution is 0.415. The van der Waals surface area contributed by atoms with E-state index in [-0.39, 0.29) is 0 Å². The van der Waals surface area contributed by atoms with Gasteiger partial charge in [0.1, 0.15) is 5.75 Å². The van der Waals surface area contributed by atoms with Gasteiger partial charge in [-0.3, -0.25) is 4.98 Å². The zero-order valence-corrected chi connectivity index (χ0v) is 14.9. The highest BCUT2D eigenvalue weighted by Gasteiger charge is 2.21. The maximum Gasteiger partial charge on any atom is 0.119 e. The van der Waals surface area contributed by atoms with Gasteiger partial charge in [0.15, 0.2) is 0 Å². The van der Waals surface area contributed by atoms with Crippen molar-refractivity contribution in [3.05, 3.63) is 47.2 Å². The van der Waals surface area contributed by atoms with Gasteiger partial charge in [-0.05, 0) is 61.4 Å². The van der Waals surface area contributed by atoms with E-state index in [1.807, 2.05) is 0 Å². The van der Waals surface area contributed by atoms with Crippen molar-refractivity contribution in [1.82, 2.24) is 4.98 Å². The lowest BCUT2D eigenvalue weighted by Crippen LogP contribution is -2.08. The molecule has 1 fully saturated rings. The highest BCUT2D eigenvalue weighted by atomic mass is 16.5. The average Bonchev–Trinajstić information content (AvgIpc) is 2.64. The minimum Gasteiger partial charge on any atom is -0.497 e. The minimum absolute atomic E-state index is 0.581. The van der Waals surface area contributed by atoms with E-state index in [4.69, 9.17) is 9.72 Å². The number of aryl methyl sites for hydroxylation is 2. The highest BCUT2D eigenvalue weighted by molar-refractivity contribution is 6.08. The number of pyridine rings is 1. The van der Waals surface area contributed by atoms with E-state index < -0.39 is 0 Å². The number of hydrogen-bond donors (Lipinski definition) is 0. The summed E-state index contributed by atoms with van der Waals surface area (Å²) in [5.74, 6) is 1.50. The number of methoxy groups -OCH3 is 1. The fraction of sp³-hybridized carbons (Fsp3) is 0.409. The molecule has 1 aliphatic carbocycles. The fourth-order valence-electron chi connectivity index (χ4n) is 4.13. The fourth-order valence-corrected chi connectivity index (χ4v) is 4.13. The second kappa shape index (κ2) is 6.08. The van der Waals surface area contributed by atoms with E-state index in [1.165, 1.54) is 70.6 Å². The summed E-state index contributed by atoms with van der Waals surface area (Å²) in [6, 6.07) is 10.9. The van der Waals surface area contributed by atoms with Crippen LogP contribution in [0.1, 0.15) is 54.8 Å². The number of hydrogen-bond acceptors (Lipinski definition) is 2. The van der Waals surface area contributed by atoms with Gasteiger partial charge in [0.25, 0.3) is 0 Å². The molecule has 1 saturated carbocycles. The van der Waals surface area contributed by atoms with Crippen molar-refractivity contribution >= 4 is 21.7 Å². The SMILES string of the molecule is COc1ccc2c(c1)c(C1CCCCC1)nc1c(C)c(C)ccc12. The van der Waals surface area contributed by atoms with E-state index in [9.17, 15) is 0 Å². The molecule has 0 saturated heterocycles. The summed E-state index contributed by atoms with van der Waals surface area (Å²) in [7, 11) is 1.74. The Morgan fingerprint density at radius 3 is 2.42 bits per heavy atom. The van der Waals surface area contributed by atoms with Gasteiger partial charge in [-0.15, -0.1) is 0 Å². The second-order valence-corrected chi connectivity index (χ2v) is 7.15. The molecule has 3 aromatic rings. The topological polar surface area (TPSA) is 22.1 Å². The molecule has 0 amide bonds. The molecule has 1 heterocycles. The second-order valence-electron chi connectivity index (χ2n) is 7.15. The van der Waals surface area contributed by atoms with E-state index in [1.54, 1.807) is 7.11 Å². The van der Waals surface area contributed by atoms with Crippen molar-refractivity contribution in [3.8, 4) is 5.75 Å². The molecule has 0 radical (unpaired) electrons. The summed E-state index contributed by atoms with van der Waals surface area (Å²) in [6.45, 7) is 4.37. The lowest BCUT2D eigenvalue weighted by atomic mass is 9.84. The quantitative estimate of drug-likeness (QED) is 0.535. The van der Waals surface area contributed by atoms with Crippen molar-refractivity contribution < 1.29 is 4.74 Å². The largest absolute Gasteiger partial charge is 0.497 e. The highest BCUT2D eigenvalue weighted by Crippen LogP contribution is 2.39. The van der Waals surface area contributed by atoms with E-state index in [0.717, 1.165) is 5.75 Å². The first-order valence-corrected chi connectivity index (χ1v) is 9.06. The van der Waals surface area contributed by atoms with Crippen LogP contribution in [-0.2, 0) is 0 Å². The molecule has 0 N–H and O–H groups in total. The van der Waals surface area contributed by atoms with Crippen LogP contribution in [0.15, 0.2) is 30.3 Å². The monoisotopic (exact) mass is 319 g/mol. The summed E-state index contributed by atoms with van der Waals surface area (Å²) in [5.41, 5.74) is 5.08. The molecule has 2 aromatic carbocycles. The van der Waals surface area contributed by atoms with E-state index in [2.05, 4.69) is 44.2 Å². The molecule has 0 unspecified atom stereocenters. The Bertz CT molecular complexity index is 907. The van der Waals surface area contributed by atoms with Crippen molar-refractivity contribution in [2.24, 2.45) is 0 Å². The summed E-state index contributed by atoms with van der Waals surface area (Å²) >= 11 is 0. The Balaban J connectivity index is 2.06. The van der Waals surface area contributed by atoms with Gasteiger partial charge in [-0.2, -0.15) is 0 Å². The van der Waals surface area contributed by atoms with Crippen LogP contribution in [0.3, 0.4) is 0 Å². The first kappa shape index (κ1) is 15.4. The van der Waals surface area contributed by atoms with Crippen molar-refractivity contribution in [3.63, 3.8) is 0 Å². The van der Waals surface area contributed by atoms with Crippen LogP contribution in [0.4, 0.5) is 0 Å². The third-order valence-corrected chi connectivity index (χ3v) is 5.72. The Labute approximate surface area is 143 Å². The average molecular weight is 319 g/mol. The number of fused-ring (bicyclic) bond motifs is 3. The zero-order valence-electron chi connectivity index (χ0n) is 14.9. The number of ether oxygens (including phenoxy) is 1. The number of nitrogens with zero attached hydrogens (tertiary/aromatic N) is 1. The van der Waals surface area contributed by atoms with Gasteiger partial charge in [0.05, 0.1) is 18.3 Å². The molecule has 124 valence electrons. The van der Waals surface area contributed by atoms with Crippen LogP contribution in [-0.4, -0.2) is 12.1 Å². The molecule has 0 bridgehead atoms.